The quantitative estimate of drug-likeness (QED) is 0.849. The summed E-state index contributed by atoms with van der Waals surface area (Å²) >= 11 is 3.40. The third-order valence-electron chi connectivity index (χ3n) is 4.28. The standard InChI is InChI=1S/C14H19BrN4O/c1-2-5-19-14(20)13(15)11(8-16-19)17-12-9-18-6-3-10(12)4-7-18/h2,8,10,12,17H,1,3-7,9H2. The third-order valence-corrected chi connectivity index (χ3v) is 5.05. The van der Waals surface area contributed by atoms with Gasteiger partial charge < -0.3 is 10.2 Å². The summed E-state index contributed by atoms with van der Waals surface area (Å²) in [5, 5.41) is 7.68. The fourth-order valence-electron chi connectivity index (χ4n) is 3.15. The number of fused-ring (bicyclic) bond motifs is 3. The van der Waals surface area contributed by atoms with Crippen LogP contribution in [-0.2, 0) is 6.54 Å². The summed E-state index contributed by atoms with van der Waals surface area (Å²) in [5.74, 6) is 0.711. The minimum absolute atomic E-state index is 0.115. The topological polar surface area (TPSA) is 50.2 Å². The van der Waals surface area contributed by atoms with Crippen LogP contribution < -0.4 is 10.9 Å². The van der Waals surface area contributed by atoms with Gasteiger partial charge in [-0.3, -0.25) is 4.79 Å². The molecule has 1 aromatic heterocycles. The Morgan fingerprint density at radius 1 is 1.50 bits per heavy atom. The second-order valence-electron chi connectivity index (χ2n) is 5.54. The molecule has 3 saturated heterocycles. The lowest BCUT2D eigenvalue weighted by molar-refractivity contribution is 0.0975. The Morgan fingerprint density at radius 2 is 2.25 bits per heavy atom. The molecule has 4 heterocycles. The zero-order valence-corrected chi connectivity index (χ0v) is 13.0. The number of aromatic nitrogens is 2. The molecule has 3 fully saturated rings. The molecule has 1 unspecified atom stereocenters. The Balaban J connectivity index is 1.79. The Labute approximate surface area is 126 Å². The van der Waals surface area contributed by atoms with E-state index in [4.69, 9.17) is 0 Å². The van der Waals surface area contributed by atoms with Crippen molar-refractivity contribution in [1.82, 2.24) is 14.7 Å². The van der Waals surface area contributed by atoms with Crippen molar-refractivity contribution in [2.45, 2.75) is 25.4 Å². The number of anilines is 1. The van der Waals surface area contributed by atoms with E-state index in [0.717, 1.165) is 12.2 Å². The van der Waals surface area contributed by atoms with Crippen molar-refractivity contribution in [2.24, 2.45) is 5.92 Å². The molecule has 108 valence electrons. The molecular weight excluding hydrogens is 320 g/mol. The van der Waals surface area contributed by atoms with Gasteiger partial charge in [-0.1, -0.05) is 6.08 Å². The van der Waals surface area contributed by atoms with Gasteiger partial charge in [0.05, 0.1) is 18.4 Å². The van der Waals surface area contributed by atoms with Crippen LogP contribution in [0.4, 0.5) is 5.69 Å². The Bertz CT molecular complexity index is 563. The van der Waals surface area contributed by atoms with Gasteiger partial charge >= 0.3 is 0 Å². The highest BCUT2D eigenvalue weighted by atomic mass is 79.9. The summed E-state index contributed by atoms with van der Waals surface area (Å²) in [6.45, 7) is 7.55. The van der Waals surface area contributed by atoms with Crippen LogP contribution in [0.5, 0.6) is 0 Å². The van der Waals surface area contributed by atoms with Gasteiger partial charge in [0.25, 0.3) is 5.56 Å². The van der Waals surface area contributed by atoms with E-state index < -0.39 is 0 Å². The van der Waals surface area contributed by atoms with Crippen LogP contribution in [0.2, 0.25) is 0 Å². The SMILES string of the molecule is C=CCn1ncc(NC2CN3CCC2CC3)c(Br)c1=O. The molecule has 1 atom stereocenters. The van der Waals surface area contributed by atoms with Crippen molar-refractivity contribution in [3.05, 3.63) is 33.7 Å². The number of hydrogen-bond acceptors (Lipinski definition) is 4. The molecule has 20 heavy (non-hydrogen) atoms. The molecule has 6 heteroatoms. The van der Waals surface area contributed by atoms with E-state index in [1.165, 1.54) is 30.6 Å². The Hall–Kier alpha value is -1.14. The molecule has 2 bridgehead atoms. The van der Waals surface area contributed by atoms with Gasteiger partial charge in [0.1, 0.15) is 4.47 Å². The van der Waals surface area contributed by atoms with Crippen LogP contribution >= 0.6 is 15.9 Å². The van der Waals surface area contributed by atoms with Crippen molar-refractivity contribution in [3.8, 4) is 0 Å². The maximum atomic E-state index is 12.1. The Kier molecular flexibility index (Phi) is 3.94. The van der Waals surface area contributed by atoms with Crippen molar-refractivity contribution >= 4 is 21.6 Å². The molecular formula is C14H19BrN4O. The zero-order valence-electron chi connectivity index (χ0n) is 11.4. The molecule has 0 aromatic carbocycles. The fraction of sp³-hybridized carbons (Fsp3) is 0.571. The molecule has 0 aliphatic carbocycles. The molecule has 4 rings (SSSR count). The normalized spacial score (nSPS) is 28.4. The van der Waals surface area contributed by atoms with Crippen LogP contribution in [0, 0.1) is 5.92 Å². The number of nitrogens with one attached hydrogen (secondary N) is 1. The second-order valence-corrected chi connectivity index (χ2v) is 6.33. The van der Waals surface area contributed by atoms with Gasteiger partial charge in [-0.2, -0.15) is 5.10 Å². The molecule has 3 aliphatic rings. The smallest absolute Gasteiger partial charge is 0.283 e. The maximum absolute atomic E-state index is 12.1. The maximum Gasteiger partial charge on any atom is 0.283 e. The molecule has 0 radical (unpaired) electrons. The summed E-state index contributed by atoms with van der Waals surface area (Å²) in [5.41, 5.74) is 0.685. The first kappa shape index (κ1) is 13.8. The van der Waals surface area contributed by atoms with Crippen LogP contribution in [-0.4, -0.2) is 40.4 Å². The van der Waals surface area contributed by atoms with E-state index in [1.54, 1.807) is 12.3 Å². The van der Waals surface area contributed by atoms with Gasteiger partial charge in [-0.05, 0) is 47.8 Å². The number of hydrogen-bond donors (Lipinski definition) is 1. The predicted octanol–water partition coefficient (Wildman–Crippen LogP) is 1.70. The molecule has 0 amide bonds. The molecule has 0 saturated carbocycles. The number of piperidine rings is 3. The van der Waals surface area contributed by atoms with E-state index in [2.05, 4.69) is 37.8 Å². The first-order chi connectivity index (χ1) is 9.69. The van der Waals surface area contributed by atoms with Gasteiger partial charge in [-0.15, -0.1) is 6.58 Å². The van der Waals surface area contributed by atoms with E-state index in [1.807, 2.05) is 0 Å². The lowest BCUT2D eigenvalue weighted by Gasteiger charge is -2.45. The number of rotatable bonds is 4. The van der Waals surface area contributed by atoms with Crippen molar-refractivity contribution in [3.63, 3.8) is 0 Å². The Morgan fingerprint density at radius 3 is 2.85 bits per heavy atom. The molecule has 1 N–H and O–H groups in total. The lowest BCUT2D eigenvalue weighted by atomic mass is 9.84. The number of nitrogens with zero attached hydrogens (tertiary/aromatic N) is 3. The van der Waals surface area contributed by atoms with Crippen LogP contribution in [0.3, 0.4) is 0 Å². The number of halogens is 1. The van der Waals surface area contributed by atoms with Crippen LogP contribution in [0.25, 0.3) is 0 Å². The third kappa shape index (κ3) is 2.54. The average Bonchev–Trinajstić information content (AvgIpc) is 2.48. The minimum atomic E-state index is -0.115. The second kappa shape index (κ2) is 5.69. The van der Waals surface area contributed by atoms with Gasteiger partial charge in [0.2, 0.25) is 0 Å². The molecule has 0 spiro atoms. The monoisotopic (exact) mass is 338 g/mol. The van der Waals surface area contributed by atoms with E-state index in [9.17, 15) is 4.79 Å². The first-order valence-electron chi connectivity index (χ1n) is 7.04. The van der Waals surface area contributed by atoms with E-state index in [0.29, 0.717) is 23.0 Å². The summed E-state index contributed by atoms with van der Waals surface area (Å²) in [7, 11) is 0. The molecule has 1 aromatic rings. The highest BCUT2D eigenvalue weighted by Gasteiger charge is 2.34. The highest BCUT2D eigenvalue weighted by Crippen LogP contribution is 2.30. The van der Waals surface area contributed by atoms with E-state index in [-0.39, 0.29) is 5.56 Å². The minimum Gasteiger partial charge on any atom is -0.378 e. The van der Waals surface area contributed by atoms with E-state index >= 15 is 0 Å². The number of allylic oxidation sites excluding steroid dienone is 1. The van der Waals surface area contributed by atoms with Crippen molar-refractivity contribution in [2.75, 3.05) is 25.0 Å². The van der Waals surface area contributed by atoms with Crippen LogP contribution in [0.1, 0.15) is 12.8 Å². The lowest BCUT2D eigenvalue weighted by Crippen LogP contribution is -2.53. The zero-order chi connectivity index (χ0) is 14.1. The largest absolute Gasteiger partial charge is 0.378 e. The van der Waals surface area contributed by atoms with Gasteiger partial charge in [0, 0.05) is 12.6 Å². The van der Waals surface area contributed by atoms with Crippen LogP contribution in [0.15, 0.2) is 28.1 Å². The van der Waals surface area contributed by atoms with Crippen molar-refractivity contribution < 1.29 is 0 Å². The summed E-state index contributed by atoms with van der Waals surface area (Å²) in [4.78, 5) is 14.6. The predicted molar refractivity (Wildman–Crippen MR) is 83.0 cm³/mol. The average molecular weight is 339 g/mol. The highest BCUT2D eigenvalue weighted by molar-refractivity contribution is 9.10. The fourth-order valence-corrected chi connectivity index (χ4v) is 3.57. The first-order valence-corrected chi connectivity index (χ1v) is 7.83. The molecule has 3 aliphatic heterocycles. The van der Waals surface area contributed by atoms with Gasteiger partial charge in [0.15, 0.2) is 0 Å². The molecule has 5 nitrogen and oxygen atoms in total. The summed E-state index contributed by atoms with van der Waals surface area (Å²) in [6.07, 6.45) is 5.89. The summed E-state index contributed by atoms with van der Waals surface area (Å²) < 4.78 is 1.96. The summed E-state index contributed by atoms with van der Waals surface area (Å²) in [6, 6.07) is 0.422. The van der Waals surface area contributed by atoms with Crippen molar-refractivity contribution in [1.29, 1.82) is 0 Å². The van der Waals surface area contributed by atoms with Gasteiger partial charge in [-0.25, -0.2) is 4.68 Å².